The van der Waals surface area contributed by atoms with E-state index < -0.39 is 0 Å². The average Bonchev–Trinajstić information content (AvgIpc) is 2.86. The molecular formula is C17H14O3. The second-order valence-electron chi connectivity index (χ2n) is 4.46. The molecule has 2 aromatic rings. The molecule has 1 aliphatic rings. The maximum Gasteiger partial charge on any atom is 0.186 e. The smallest absolute Gasteiger partial charge is 0.186 e. The van der Waals surface area contributed by atoms with Gasteiger partial charge in [-0.3, -0.25) is 4.79 Å². The molecule has 0 atom stereocenters. The first-order chi connectivity index (χ1) is 9.83. The van der Waals surface area contributed by atoms with E-state index in [2.05, 4.69) is 0 Å². The number of hydrogen-bond donors (Lipinski definition) is 0. The summed E-state index contributed by atoms with van der Waals surface area (Å²) in [5.74, 6) is 1.55. The summed E-state index contributed by atoms with van der Waals surface area (Å²) >= 11 is 0. The molecule has 0 N–H and O–H groups in total. The first-order valence-electron chi connectivity index (χ1n) is 6.50. The van der Waals surface area contributed by atoms with Gasteiger partial charge in [-0.2, -0.15) is 0 Å². The van der Waals surface area contributed by atoms with Crippen LogP contribution in [0, 0.1) is 0 Å². The monoisotopic (exact) mass is 266 g/mol. The minimum Gasteiger partial charge on any atom is -0.490 e. The molecule has 0 saturated carbocycles. The lowest BCUT2D eigenvalue weighted by Crippen LogP contribution is -2.09. The highest BCUT2D eigenvalue weighted by Crippen LogP contribution is 2.24. The standard InChI is InChI=1S/C17H14O3/c18-17-9-7-13-6-8-15(12-16(13)17)20-11-10-19-14-4-2-1-3-5-14/h1-9,12H,10-11H2. The van der Waals surface area contributed by atoms with Crippen LogP contribution in [0.1, 0.15) is 15.9 Å². The molecule has 3 nitrogen and oxygen atoms in total. The molecule has 3 heteroatoms. The van der Waals surface area contributed by atoms with Gasteiger partial charge in [-0.15, -0.1) is 0 Å². The summed E-state index contributed by atoms with van der Waals surface area (Å²) in [6, 6.07) is 15.1. The Balaban J connectivity index is 1.52. The number of carbonyl (C=O) groups excluding carboxylic acids is 1. The number of para-hydroxylation sites is 1. The lowest BCUT2D eigenvalue weighted by molar-refractivity contribution is 0.104. The molecule has 0 saturated heterocycles. The Hall–Kier alpha value is -2.55. The lowest BCUT2D eigenvalue weighted by Gasteiger charge is -2.09. The van der Waals surface area contributed by atoms with Gasteiger partial charge in [0.15, 0.2) is 5.78 Å². The van der Waals surface area contributed by atoms with Crippen molar-refractivity contribution in [1.29, 1.82) is 0 Å². The number of carbonyl (C=O) groups is 1. The Morgan fingerprint density at radius 2 is 1.55 bits per heavy atom. The zero-order chi connectivity index (χ0) is 13.8. The summed E-state index contributed by atoms with van der Waals surface area (Å²) in [6.07, 6.45) is 3.40. The van der Waals surface area contributed by atoms with Crippen LogP contribution >= 0.6 is 0 Å². The van der Waals surface area contributed by atoms with Crippen molar-refractivity contribution in [2.45, 2.75) is 0 Å². The second-order valence-corrected chi connectivity index (χ2v) is 4.46. The van der Waals surface area contributed by atoms with E-state index >= 15 is 0 Å². The van der Waals surface area contributed by atoms with Crippen LogP contribution < -0.4 is 9.47 Å². The van der Waals surface area contributed by atoms with Crippen molar-refractivity contribution in [3.05, 3.63) is 65.7 Å². The molecule has 3 rings (SSSR count). The molecule has 0 aromatic heterocycles. The van der Waals surface area contributed by atoms with Gasteiger partial charge >= 0.3 is 0 Å². The summed E-state index contributed by atoms with van der Waals surface area (Å²) in [5.41, 5.74) is 1.65. The quantitative estimate of drug-likeness (QED) is 0.778. The van der Waals surface area contributed by atoms with Gasteiger partial charge < -0.3 is 9.47 Å². The van der Waals surface area contributed by atoms with Crippen LogP contribution in [0.2, 0.25) is 0 Å². The molecule has 0 fully saturated rings. The summed E-state index contributed by atoms with van der Waals surface area (Å²) in [7, 11) is 0. The van der Waals surface area contributed by atoms with E-state index in [1.165, 1.54) is 0 Å². The summed E-state index contributed by atoms with van der Waals surface area (Å²) in [6.45, 7) is 0.905. The Morgan fingerprint density at radius 1 is 0.800 bits per heavy atom. The third kappa shape index (κ3) is 2.72. The molecule has 1 aliphatic carbocycles. The largest absolute Gasteiger partial charge is 0.490 e. The molecule has 100 valence electrons. The summed E-state index contributed by atoms with van der Waals surface area (Å²) in [4.78, 5) is 11.6. The van der Waals surface area contributed by atoms with Gasteiger partial charge in [0, 0.05) is 5.56 Å². The van der Waals surface area contributed by atoms with Gasteiger partial charge in [0.2, 0.25) is 0 Å². The van der Waals surface area contributed by atoms with Crippen LogP contribution in [-0.4, -0.2) is 19.0 Å². The number of fused-ring (bicyclic) bond motifs is 1. The van der Waals surface area contributed by atoms with Crippen molar-refractivity contribution >= 4 is 11.9 Å². The molecular weight excluding hydrogens is 252 g/mol. The predicted molar refractivity (Wildman–Crippen MR) is 77.2 cm³/mol. The van der Waals surface area contributed by atoms with Gasteiger partial charge in [0.1, 0.15) is 24.7 Å². The van der Waals surface area contributed by atoms with Crippen LogP contribution in [0.3, 0.4) is 0 Å². The third-order valence-corrected chi connectivity index (χ3v) is 3.07. The number of hydrogen-bond acceptors (Lipinski definition) is 3. The minimum absolute atomic E-state index is 0.0333. The molecule has 0 heterocycles. The van der Waals surface area contributed by atoms with Crippen LogP contribution in [0.5, 0.6) is 11.5 Å². The van der Waals surface area contributed by atoms with Crippen molar-refractivity contribution in [3.8, 4) is 11.5 Å². The number of ether oxygens (including phenoxy) is 2. The van der Waals surface area contributed by atoms with Crippen LogP contribution in [0.25, 0.3) is 6.08 Å². The third-order valence-electron chi connectivity index (χ3n) is 3.07. The minimum atomic E-state index is 0.0333. The normalized spacial score (nSPS) is 12.3. The average molecular weight is 266 g/mol. The number of ketones is 1. The van der Waals surface area contributed by atoms with Gasteiger partial charge in [-0.25, -0.2) is 0 Å². The zero-order valence-electron chi connectivity index (χ0n) is 10.9. The molecule has 0 unspecified atom stereocenters. The van der Waals surface area contributed by atoms with Gasteiger partial charge in [-0.05, 0) is 35.9 Å². The van der Waals surface area contributed by atoms with Gasteiger partial charge in [0.05, 0.1) is 0 Å². The van der Waals surface area contributed by atoms with E-state index in [0.29, 0.717) is 24.5 Å². The van der Waals surface area contributed by atoms with Crippen LogP contribution in [0.15, 0.2) is 54.6 Å². The van der Waals surface area contributed by atoms with E-state index in [0.717, 1.165) is 11.3 Å². The van der Waals surface area contributed by atoms with Crippen molar-refractivity contribution in [1.82, 2.24) is 0 Å². The number of allylic oxidation sites excluding steroid dienone is 1. The Kier molecular flexibility index (Phi) is 3.50. The molecule has 0 bridgehead atoms. The first-order valence-corrected chi connectivity index (χ1v) is 6.50. The highest BCUT2D eigenvalue weighted by molar-refractivity contribution is 6.13. The summed E-state index contributed by atoms with van der Waals surface area (Å²) < 4.78 is 11.1. The van der Waals surface area contributed by atoms with E-state index in [-0.39, 0.29) is 5.78 Å². The topological polar surface area (TPSA) is 35.5 Å². The SMILES string of the molecule is O=C1C=Cc2ccc(OCCOc3ccccc3)cc21. The van der Waals surface area contributed by atoms with E-state index in [1.807, 2.05) is 48.5 Å². The second kappa shape index (κ2) is 5.61. The number of rotatable bonds is 5. The molecule has 0 radical (unpaired) electrons. The van der Waals surface area contributed by atoms with Crippen molar-refractivity contribution in [2.24, 2.45) is 0 Å². The van der Waals surface area contributed by atoms with E-state index in [9.17, 15) is 4.79 Å². The fraction of sp³-hybridized carbons (Fsp3) is 0.118. The maximum atomic E-state index is 11.6. The van der Waals surface area contributed by atoms with Crippen LogP contribution in [-0.2, 0) is 0 Å². The Morgan fingerprint density at radius 3 is 2.35 bits per heavy atom. The highest BCUT2D eigenvalue weighted by atomic mass is 16.5. The fourth-order valence-electron chi connectivity index (χ4n) is 2.07. The fourth-order valence-corrected chi connectivity index (χ4v) is 2.07. The first kappa shape index (κ1) is 12.5. The Bertz CT molecular complexity index is 645. The lowest BCUT2D eigenvalue weighted by atomic mass is 10.1. The van der Waals surface area contributed by atoms with Gasteiger partial charge in [-0.1, -0.05) is 30.3 Å². The van der Waals surface area contributed by atoms with Crippen molar-refractivity contribution in [3.63, 3.8) is 0 Å². The van der Waals surface area contributed by atoms with Crippen LogP contribution in [0.4, 0.5) is 0 Å². The van der Waals surface area contributed by atoms with Crippen molar-refractivity contribution < 1.29 is 14.3 Å². The molecule has 0 spiro atoms. The maximum absolute atomic E-state index is 11.6. The van der Waals surface area contributed by atoms with Gasteiger partial charge in [0.25, 0.3) is 0 Å². The van der Waals surface area contributed by atoms with E-state index in [1.54, 1.807) is 12.1 Å². The molecule has 20 heavy (non-hydrogen) atoms. The Labute approximate surface area is 117 Å². The van der Waals surface area contributed by atoms with Crippen molar-refractivity contribution in [2.75, 3.05) is 13.2 Å². The predicted octanol–water partition coefficient (Wildman–Crippen LogP) is 3.35. The summed E-state index contributed by atoms with van der Waals surface area (Å²) in [5, 5.41) is 0. The molecule has 2 aromatic carbocycles. The molecule has 0 aliphatic heterocycles. The highest BCUT2D eigenvalue weighted by Gasteiger charge is 2.14. The zero-order valence-corrected chi connectivity index (χ0v) is 10.9. The molecule has 0 amide bonds. The number of benzene rings is 2. The van der Waals surface area contributed by atoms with E-state index in [4.69, 9.17) is 9.47 Å².